The van der Waals surface area contributed by atoms with E-state index in [4.69, 9.17) is 5.11 Å². The highest BCUT2D eigenvalue weighted by molar-refractivity contribution is 9.10. The molecule has 1 aromatic carbocycles. The summed E-state index contributed by atoms with van der Waals surface area (Å²) in [5.41, 5.74) is 0.517. The fraction of sp³-hybridized carbons (Fsp3) is 0. The van der Waals surface area contributed by atoms with Crippen molar-refractivity contribution < 1.29 is 14.3 Å². The van der Waals surface area contributed by atoms with Crippen LogP contribution >= 0.6 is 15.9 Å². The van der Waals surface area contributed by atoms with Crippen molar-refractivity contribution in [2.24, 2.45) is 0 Å². The number of carbonyl (C=O) groups is 1. The van der Waals surface area contributed by atoms with E-state index in [9.17, 15) is 9.18 Å². The lowest BCUT2D eigenvalue weighted by atomic mass is 10.2. The van der Waals surface area contributed by atoms with Gasteiger partial charge in [-0.1, -0.05) is 6.07 Å². The Morgan fingerprint density at radius 3 is 2.77 bits per heavy atom. The van der Waals surface area contributed by atoms with E-state index >= 15 is 0 Å². The average Bonchev–Trinajstić information content (AvgIpc) is 2.07. The Bertz CT molecular complexity index is 361. The van der Waals surface area contributed by atoms with Gasteiger partial charge in [-0.05, 0) is 39.7 Å². The van der Waals surface area contributed by atoms with E-state index in [2.05, 4.69) is 15.9 Å². The van der Waals surface area contributed by atoms with Crippen molar-refractivity contribution in [3.8, 4) is 0 Å². The topological polar surface area (TPSA) is 37.3 Å². The average molecular weight is 245 g/mol. The normalized spacial score (nSPS) is 10.6. The molecular weight excluding hydrogens is 239 g/mol. The number of hydrogen-bond donors (Lipinski definition) is 1. The van der Waals surface area contributed by atoms with Crippen LogP contribution in [0.4, 0.5) is 4.39 Å². The number of hydrogen-bond acceptors (Lipinski definition) is 1. The summed E-state index contributed by atoms with van der Waals surface area (Å²) in [5, 5.41) is 8.31. The van der Waals surface area contributed by atoms with Crippen molar-refractivity contribution in [1.29, 1.82) is 0 Å². The van der Waals surface area contributed by atoms with Gasteiger partial charge < -0.3 is 5.11 Å². The molecule has 0 fully saturated rings. The molecule has 13 heavy (non-hydrogen) atoms. The molecule has 0 saturated carbocycles. The molecule has 0 saturated heterocycles. The number of carboxylic acid groups (broad SMARTS) is 1. The zero-order chi connectivity index (χ0) is 9.84. The Morgan fingerprint density at radius 1 is 1.54 bits per heavy atom. The first-order chi connectivity index (χ1) is 6.09. The maximum absolute atomic E-state index is 12.9. The molecule has 0 bridgehead atoms. The summed E-state index contributed by atoms with van der Waals surface area (Å²) in [6.07, 6.45) is 2.29. The van der Waals surface area contributed by atoms with Gasteiger partial charge in [-0.15, -0.1) is 0 Å². The molecule has 0 aliphatic heterocycles. The highest BCUT2D eigenvalue weighted by atomic mass is 79.9. The van der Waals surface area contributed by atoms with Crippen molar-refractivity contribution in [2.75, 3.05) is 0 Å². The predicted molar refractivity (Wildman–Crippen MR) is 50.8 cm³/mol. The molecule has 0 aliphatic carbocycles. The maximum Gasteiger partial charge on any atom is 0.328 e. The van der Waals surface area contributed by atoms with Gasteiger partial charge in [0.05, 0.1) is 4.47 Å². The summed E-state index contributed by atoms with van der Waals surface area (Å²) in [6, 6.07) is 4.40. The van der Waals surface area contributed by atoms with Crippen LogP contribution in [-0.4, -0.2) is 11.1 Å². The summed E-state index contributed by atoms with van der Waals surface area (Å²) in [4.78, 5) is 10.1. The molecule has 0 unspecified atom stereocenters. The lowest BCUT2D eigenvalue weighted by Crippen LogP contribution is -1.86. The first-order valence-corrected chi connectivity index (χ1v) is 4.25. The molecule has 0 aromatic heterocycles. The quantitative estimate of drug-likeness (QED) is 0.813. The zero-order valence-electron chi connectivity index (χ0n) is 6.50. The van der Waals surface area contributed by atoms with Crippen LogP contribution in [0.25, 0.3) is 6.08 Å². The molecule has 2 nitrogen and oxygen atoms in total. The molecule has 4 heteroatoms. The van der Waals surface area contributed by atoms with Gasteiger partial charge in [0, 0.05) is 6.08 Å². The van der Waals surface area contributed by atoms with Gasteiger partial charge in [0.1, 0.15) is 5.82 Å². The fourth-order valence-electron chi connectivity index (χ4n) is 0.784. The van der Waals surface area contributed by atoms with E-state index in [0.717, 1.165) is 6.08 Å². The van der Waals surface area contributed by atoms with Crippen molar-refractivity contribution in [3.63, 3.8) is 0 Å². The van der Waals surface area contributed by atoms with E-state index in [0.29, 0.717) is 10.0 Å². The largest absolute Gasteiger partial charge is 0.478 e. The predicted octanol–water partition coefficient (Wildman–Crippen LogP) is 2.69. The standard InChI is InChI=1S/C9H6BrFO2/c10-7-3-1-6(5-8(7)11)2-4-9(12)13/h1-5H,(H,12,13). The van der Waals surface area contributed by atoms with Gasteiger partial charge in [0.2, 0.25) is 0 Å². The molecule has 0 amide bonds. The highest BCUT2D eigenvalue weighted by Gasteiger charge is 1.98. The van der Waals surface area contributed by atoms with E-state index in [1.165, 1.54) is 18.2 Å². The number of halogens is 2. The first-order valence-electron chi connectivity index (χ1n) is 3.45. The molecule has 0 spiro atoms. The van der Waals surface area contributed by atoms with Crippen LogP contribution in [0, 0.1) is 5.82 Å². The van der Waals surface area contributed by atoms with Crippen LogP contribution in [0.15, 0.2) is 28.7 Å². The van der Waals surface area contributed by atoms with Gasteiger partial charge in [-0.2, -0.15) is 0 Å². The molecule has 1 aromatic rings. The van der Waals surface area contributed by atoms with E-state index in [-0.39, 0.29) is 0 Å². The second kappa shape index (κ2) is 4.18. The monoisotopic (exact) mass is 244 g/mol. The summed E-state index contributed by atoms with van der Waals surface area (Å²) in [6.45, 7) is 0. The molecule has 0 atom stereocenters. The summed E-state index contributed by atoms with van der Waals surface area (Å²) >= 11 is 2.99. The van der Waals surface area contributed by atoms with E-state index in [1.54, 1.807) is 6.07 Å². The second-order valence-electron chi connectivity index (χ2n) is 2.35. The molecule has 68 valence electrons. The number of aliphatic carboxylic acids is 1. The summed E-state index contributed by atoms with van der Waals surface area (Å²) in [5.74, 6) is -1.46. The summed E-state index contributed by atoms with van der Waals surface area (Å²) < 4.78 is 13.2. The molecule has 0 aliphatic rings. The third-order valence-electron chi connectivity index (χ3n) is 1.36. The fourth-order valence-corrected chi connectivity index (χ4v) is 1.03. The van der Waals surface area contributed by atoms with E-state index < -0.39 is 11.8 Å². The van der Waals surface area contributed by atoms with Crippen molar-refractivity contribution >= 4 is 28.0 Å². The van der Waals surface area contributed by atoms with Crippen LogP contribution in [-0.2, 0) is 4.79 Å². The number of carboxylic acids is 1. The number of rotatable bonds is 2. The Labute approximate surface area is 82.8 Å². The van der Waals surface area contributed by atoms with Crippen molar-refractivity contribution in [3.05, 3.63) is 40.1 Å². The van der Waals surface area contributed by atoms with Crippen molar-refractivity contribution in [2.45, 2.75) is 0 Å². The van der Waals surface area contributed by atoms with E-state index in [1.807, 2.05) is 0 Å². The van der Waals surface area contributed by atoms with Gasteiger partial charge in [-0.3, -0.25) is 0 Å². The Kier molecular flexibility index (Phi) is 3.19. The molecule has 0 radical (unpaired) electrons. The van der Waals surface area contributed by atoms with Crippen LogP contribution < -0.4 is 0 Å². The minimum Gasteiger partial charge on any atom is -0.478 e. The van der Waals surface area contributed by atoms with Gasteiger partial charge in [-0.25, -0.2) is 9.18 Å². The van der Waals surface area contributed by atoms with Crippen LogP contribution in [0.5, 0.6) is 0 Å². The first kappa shape index (κ1) is 9.92. The maximum atomic E-state index is 12.9. The second-order valence-corrected chi connectivity index (χ2v) is 3.20. The lowest BCUT2D eigenvalue weighted by Gasteiger charge is -1.95. The summed E-state index contributed by atoms with van der Waals surface area (Å²) in [7, 11) is 0. The SMILES string of the molecule is O=C(O)C=Cc1ccc(Br)c(F)c1. The zero-order valence-corrected chi connectivity index (χ0v) is 8.08. The Morgan fingerprint density at radius 2 is 2.23 bits per heavy atom. The Balaban J connectivity index is 2.92. The molecule has 0 heterocycles. The van der Waals surface area contributed by atoms with Crippen LogP contribution in [0.1, 0.15) is 5.56 Å². The highest BCUT2D eigenvalue weighted by Crippen LogP contribution is 2.16. The smallest absolute Gasteiger partial charge is 0.328 e. The molecule has 1 N–H and O–H groups in total. The minimum absolute atomic E-state index is 0.361. The third-order valence-corrected chi connectivity index (χ3v) is 2.01. The molecular formula is C9H6BrFO2. The minimum atomic E-state index is -1.05. The van der Waals surface area contributed by atoms with Gasteiger partial charge in [0.15, 0.2) is 0 Å². The molecule has 1 rings (SSSR count). The Hall–Kier alpha value is -1.16. The number of benzene rings is 1. The van der Waals surface area contributed by atoms with Gasteiger partial charge in [0.25, 0.3) is 0 Å². The van der Waals surface area contributed by atoms with Crippen molar-refractivity contribution in [1.82, 2.24) is 0 Å². The lowest BCUT2D eigenvalue weighted by molar-refractivity contribution is -0.131. The van der Waals surface area contributed by atoms with Crippen LogP contribution in [0.3, 0.4) is 0 Å². The third kappa shape index (κ3) is 2.99. The van der Waals surface area contributed by atoms with Gasteiger partial charge >= 0.3 is 5.97 Å². The van der Waals surface area contributed by atoms with Crippen LogP contribution in [0.2, 0.25) is 0 Å².